The van der Waals surface area contributed by atoms with E-state index in [1.807, 2.05) is 13.0 Å². The summed E-state index contributed by atoms with van der Waals surface area (Å²) in [6.45, 7) is 1.42. The molecule has 8 nitrogen and oxygen atoms in total. The van der Waals surface area contributed by atoms with Crippen LogP contribution in [0.15, 0.2) is 77.7 Å². The van der Waals surface area contributed by atoms with Crippen LogP contribution in [0, 0.1) is 0 Å². The monoisotopic (exact) mass is 484 g/mol. The average molecular weight is 485 g/mol. The van der Waals surface area contributed by atoms with Crippen LogP contribution < -0.4 is 23.8 Å². The molecule has 0 unspecified atom stereocenters. The number of carbonyl (C=O) groups excluding carboxylic acids is 1. The summed E-state index contributed by atoms with van der Waals surface area (Å²) in [5, 5.41) is 2.87. The van der Waals surface area contributed by atoms with Crippen LogP contribution >= 0.6 is 0 Å². The number of anilines is 1. The van der Waals surface area contributed by atoms with Crippen molar-refractivity contribution < 1.29 is 27.4 Å². The van der Waals surface area contributed by atoms with Crippen molar-refractivity contribution in [1.82, 2.24) is 5.32 Å². The largest absolute Gasteiger partial charge is 0.497 e. The summed E-state index contributed by atoms with van der Waals surface area (Å²) < 4.78 is 43.7. The zero-order chi connectivity index (χ0) is 24.7. The molecule has 0 heterocycles. The normalized spacial score (nSPS) is 11.9. The topological polar surface area (TPSA) is 94.2 Å². The van der Waals surface area contributed by atoms with E-state index in [4.69, 9.17) is 14.2 Å². The third kappa shape index (κ3) is 5.60. The molecular weight excluding hydrogens is 456 g/mol. The fourth-order valence-corrected chi connectivity index (χ4v) is 4.83. The van der Waals surface area contributed by atoms with Crippen LogP contribution in [-0.2, 0) is 14.8 Å². The fourth-order valence-electron chi connectivity index (χ4n) is 3.41. The molecule has 180 valence electrons. The van der Waals surface area contributed by atoms with Gasteiger partial charge in [0.25, 0.3) is 10.0 Å². The number of rotatable bonds is 10. The maximum atomic E-state index is 13.5. The SMILES string of the molecule is COc1ccc(S(=O)(=O)N(CC(=O)N[C@@H](C)c2ccc(OC)c(OC)c2)c2ccccc2)cc1. The van der Waals surface area contributed by atoms with Crippen LogP contribution in [0.5, 0.6) is 17.2 Å². The molecule has 0 aliphatic heterocycles. The first-order valence-corrected chi connectivity index (χ1v) is 12.0. The van der Waals surface area contributed by atoms with Gasteiger partial charge in [-0.15, -0.1) is 0 Å². The lowest BCUT2D eigenvalue weighted by atomic mass is 10.1. The van der Waals surface area contributed by atoms with Gasteiger partial charge in [0.05, 0.1) is 38.0 Å². The second kappa shape index (κ2) is 10.9. The molecule has 1 N–H and O–H groups in total. The zero-order valence-corrected chi connectivity index (χ0v) is 20.3. The lowest BCUT2D eigenvalue weighted by Crippen LogP contribution is -2.41. The highest BCUT2D eigenvalue weighted by Crippen LogP contribution is 2.30. The Bertz CT molecular complexity index is 1210. The van der Waals surface area contributed by atoms with Crippen LogP contribution in [-0.4, -0.2) is 42.2 Å². The van der Waals surface area contributed by atoms with E-state index >= 15 is 0 Å². The first kappa shape index (κ1) is 24.9. The van der Waals surface area contributed by atoms with Crippen LogP contribution in [0.25, 0.3) is 0 Å². The summed E-state index contributed by atoms with van der Waals surface area (Å²) in [6.07, 6.45) is 0. The van der Waals surface area contributed by atoms with Gasteiger partial charge in [-0.25, -0.2) is 8.42 Å². The summed E-state index contributed by atoms with van der Waals surface area (Å²) in [6, 6.07) is 19.5. The highest BCUT2D eigenvalue weighted by atomic mass is 32.2. The van der Waals surface area contributed by atoms with Crippen molar-refractivity contribution in [2.45, 2.75) is 17.9 Å². The minimum absolute atomic E-state index is 0.0536. The third-order valence-corrected chi connectivity index (χ3v) is 7.05. The van der Waals surface area contributed by atoms with E-state index in [2.05, 4.69) is 5.32 Å². The number of ether oxygens (including phenoxy) is 3. The Hall–Kier alpha value is -3.72. The van der Waals surface area contributed by atoms with Gasteiger partial charge in [-0.3, -0.25) is 9.10 Å². The molecule has 0 fully saturated rings. The van der Waals surface area contributed by atoms with E-state index < -0.39 is 28.5 Å². The van der Waals surface area contributed by atoms with Crippen molar-refractivity contribution in [2.75, 3.05) is 32.2 Å². The van der Waals surface area contributed by atoms with E-state index in [1.165, 1.54) is 26.4 Å². The molecule has 0 saturated heterocycles. The molecule has 0 radical (unpaired) electrons. The van der Waals surface area contributed by atoms with Gasteiger partial charge in [-0.1, -0.05) is 24.3 Å². The van der Waals surface area contributed by atoms with Crippen molar-refractivity contribution in [3.8, 4) is 17.2 Å². The van der Waals surface area contributed by atoms with Crippen LogP contribution in [0.4, 0.5) is 5.69 Å². The van der Waals surface area contributed by atoms with Crippen LogP contribution in [0.2, 0.25) is 0 Å². The highest BCUT2D eigenvalue weighted by molar-refractivity contribution is 7.92. The summed E-state index contributed by atoms with van der Waals surface area (Å²) in [7, 11) is 0.570. The number of para-hydroxylation sites is 1. The Kier molecular flexibility index (Phi) is 8.01. The third-order valence-electron chi connectivity index (χ3n) is 5.26. The number of benzene rings is 3. The van der Waals surface area contributed by atoms with Gasteiger partial charge in [0.1, 0.15) is 12.3 Å². The number of amides is 1. The molecule has 1 amide bonds. The van der Waals surface area contributed by atoms with Crippen LogP contribution in [0.3, 0.4) is 0 Å². The average Bonchev–Trinajstić information content (AvgIpc) is 2.87. The molecular formula is C25H28N2O6S. The van der Waals surface area contributed by atoms with Gasteiger partial charge in [0, 0.05) is 0 Å². The smallest absolute Gasteiger partial charge is 0.264 e. The Morgan fingerprint density at radius 3 is 2.12 bits per heavy atom. The Morgan fingerprint density at radius 1 is 0.882 bits per heavy atom. The first-order valence-electron chi connectivity index (χ1n) is 10.5. The van der Waals surface area contributed by atoms with Gasteiger partial charge in [-0.05, 0) is 61.0 Å². The predicted octanol–water partition coefficient (Wildman–Crippen LogP) is 3.79. The van der Waals surface area contributed by atoms with Crippen molar-refractivity contribution in [3.63, 3.8) is 0 Å². The zero-order valence-electron chi connectivity index (χ0n) is 19.5. The van der Waals surface area contributed by atoms with Gasteiger partial charge in [0.2, 0.25) is 5.91 Å². The number of carbonyl (C=O) groups is 1. The Balaban J connectivity index is 1.85. The minimum atomic E-state index is -4.01. The molecule has 0 aliphatic carbocycles. The second-order valence-corrected chi connectivity index (χ2v) is 9.29. The lowest BCUT2D eigenvalue weighted by Gasteiger charge is -2.25. The molecule has 9 heteroatoms. The summed E-state index contributed by atoms with van der Waals surface area (Å²) >= 11 is 0. The highest BCUT2D eigenvalue weighted by Gasteiger charge is 2.27. The molecule has 0 saturated carbocycles. The standard InChI is InChI=1S/C25H28N2O6S/c1-18(19-10-15-23(32-3)24(16-19)33-4)26-25(28)17-27(20-8-6-5-7-9-20)34(29,30)22-13-11-21(31-2)12-14-22/h5-16,18H,17H2,1-4H3,(H,26,28)/t18-/m0/s1. The molecule has 0 bridgehead atoms. The number of hydrogen-bond donors (Lipinski definition) is 1. The molecule has 0 spiro atoms. The number of methoxy groups -OCH3 is 3. The van der Waals surface area contributed by atoms with E-state index in [-0.39, 0.29) is 4.90 Å². The van der Waals surface area contributed by atoms with E-state index in [0.717, 1.165) is 9.87 Å². The quantitative estimate of drug-likeness (QED) is 0.471. The summed E-state index contributed by atoms with van der Waals surface area (Å²) in [5.74, 6) is 1.19. The van der Waals surface area contributed by atoms with E-state index in [0.29, 0.717) is 22.9 Å². The minimum Gasteiger partial charge on any atom is -0.497 e. The molecule has 3 aromatic rings. The van der Waals surface area contributed by atoms with Crippen molar-refractivity contribution >= 4 is 21.6 Å². The number of nitrogens with zero attached hydrogens (tertiary/aromatic N) is 1. The van der Waals surface area contributed by atoms with Crippen molar-refractivity contribution in [3.05, 3.63) is 78.4 Å². The van der Waals surface area contributed by atoms with Gasteiger partial charge < -0.3 is 19.5 Å². The number of nitrogens with one attached hydrogen (secondary N) is 1. The molecule has 3 rings (SSSR count). The number of hydrogen-bond acceptors (Lipinski definition) is 6. The first-order chi connectivity index (χ1) is 16.3. The summed E-state index contributed by atoms with van der Waals surface area (Å²) in [4.78, 5) is 13.0. The van der Waals surface area contributed by atoms with Gasteiger partial charge >= 0.3 is 0 Å². The lowest BCUT2D eigenvalue weighted by molar-refractivity contribution is -0.120. The van der Waals surface area contributed by atoms with E-state index in [1.54, 1.807) is 61.7 Å². The Morgan fingerprint density at radius 2 is 1.53 bits per heavy atom. The van der Waals surface area contributed by atoms with Gasteiger partial charge in [-0.2, -0.15) is 0 Å². The second-order valence-electron chi connectivity index (χ2n) is 7.43. The van der Waals surface area contributed by atoms with E-state index in [9.17, 15) is 13.2 Å². The molecule has 0 aromatic heterocycles. The fraction of sp³-hybridized carbons (Fsp3) is 0.240. The summed E-state index contributed by atoms with van der Waals surface area (Å²) in [5.41, 5.74) is 1.17. The molecule has 0 aliphatic rings. The predicted molar refractivity (Wildman–Crippen MR) is 130 cm³/mol. The maximum absolute atomic E-state index is 13.5. The van der Waals surface area contributed by atoms with Crippen molar-refractivity contribution in [1.29, 1.82) is 0 Å². The van der Waals surface area contributed by atoms with Crippen LogP contribution in [0.1, 0.15) is 18.5 Å². The maximum Gasteiger partial charge on any atom is 0.264 e. The molecule has 1 atom stereocenters. The van der Waals surface area contributed by atoms with Gasteiger partial charge in [0.15, 0.2) is 11.5 Å². The molecule has 34 heavy (non-hydrogen) atoms. The van der Waals surface area contributed by atoms with Crippen molar-refractivity contribution in [2.24, 2.45) is 0 Å². The Labute approximate surface area is 200 Å². The number of sulfonamides is 1. The molecule has 3 aromatic carbocycles.